The number of piperidine rings is 1. The Morgan fingerprint density at radius 3 is 2.47 bits per heavy atom. The standard InChI is InChI=1S/C14H25NO2/c1-14(2,3)17-13(16)12-8-10-6-4-5-7-11(10)9-15-12/h10-12,15H,4-9H2,1-3H3. The van der Waals surface area contributed by atoms with E-state index in [0.29, 0.717) is 0 Å². The smallest absolute Gasteiger partial charge is 0.323 e. The third-order valence-corrected chi connectivity index (χ3v) is 3.92. The molecule has 1 aliphatic carbocycles. The lowest BCUT2D eigenvalue weighted by molar-refractivity contribution is -0.159. The average molecular weight is 239 g/mol. The minimum absolute atomic E-state index is 0.0680. The van der Waals surface area contributed by atoms with Gasteiger partial charge in [0.05, 0.1) is 0 Å². The van der Waals surface area contributed by atoms with Crippen LogP contribution in [0.25, 0.3) is 0 Å². The Morgan fingerprint density at radius 1 is 1.18 bits per heavy atom. The molecule has 3 nitrogen and oxygen atoms in total. The van der Waals surface area contributed by atoms with E-state index in [1.54, 1.807) is 0 Å². The maximum Gasteiger partial charge on any atom is 0.323 e. The molecule has 0 aromatic heterocycles. The zero-order chi connectivity index (χ0) is 12.5. The van der Waals surface area contributed by atoms with Crippen LogP contribution in [-0.4, -0.2) is 24.2 Å². The van der Waals surface area contributed by atoms with Gasteiger partial charge in [0.25, 0.3) is 0 Å². The fourth-order valence-corrected chi connectivity index (χ4v) is 3.10. The Labute approximate surface area is 104 Å². The molecule has 17 heavy (non-hydrogen) atoms. The van der Waals surface area contributed by atoms with Crippen LogP contribution in [0.2, 0.25) is 0 Å². The van der Waals surface area contributed by atoms with Crippen LogP contribution in [-0.2, 0) is 9.53 Å². The third kappa shape index (κ3) is 3.44. The van der Waals surface area contributed by atoms with Crippen molar-refractivity contribution < 1.29 is 9.53 Å². The molecule has 1 saturated carbocycles. The SMILES string of the molecule is CC(C)(C)OC(=O)C1CC2CCCCC2CN1. The van der Waals surface area contributed by atoms with E-state index in [-0.39, 0.29) is 17.6 Å². The van der Waals surface area contributed by atoms with E-state index in [4.69, 9.17) is 4.74 Å². The number of rotatable bonds is 1. The second-order valence-electron chi connectivity index (χ2n) is 6.53. The second kappa shape index (κ2) is 4.97. The Morgan fingerprint density at radius 2 is 1.82 bits per heavy atom. The summed E-state index contributed by atoms with van der Waals surface area (Å²) in [6, 6.07) is -0.0754. The highest BCUT2D eigenvalue weighted by atomic mass is 16.6. The van der Waals surface area contributed by atoms with Gasteiger partial charge in [-0.3, -0.25) is 4.79 Å². The first kappa shape index (κ1) is 12.9. The van der Waals surface area contributed by atoms with Gasteiger partial charge >= 0.3 is 5.97 Å². The lowest BCUT2D eigenvalue weighted by Crippen LogP contribution is -2.50. The van der Waals surface area contributed by atoms with Gasteiger partial charge in [0.15, 0.2) is 0 Å². The summed E-state index contributed by atoms with van der Waals surface area (Å²) in [4.78, 5) is 12.0. The van der Waals surface area contributed by atoms with Crippen LogP contribution in [0, 0.1) is 11.8 Å². The normalized spacial score (nSPS) is 33.9. The van der Waals surface area contributed by atoms with Crippen molar-refractivity contribution in [2.45, 2.75) is 64.5 Å². The summed E-state index contributed by atoms with van der Waals surface area (Å²) >= 11 is 0. The summed E-state index contributed by atoms with van der Waals surface area (Å²) < 4.78 is 5.46. The van der Waals surface area contributed by atoms with E-state index in [1.165, 1.54) is 25.7 Å². The molecule has 2 aliphatic rings. The molecule has 1 aliphatic heterocycles. The predicted octanol–water partition coefficient (Wildman–Crippen LogP) is 2.50. The Kier molecular flexibility index (Phi) is 3.76. The molecule has 1 N–H and O–H groups in total. The van der Waals surface area contributed by atoms with Crippen LogP contribution in [0.1, 0.15) is 52.9 Å². The number of carbonyl (C=O) groups excluding carboxylic acids is 1. The lowest BCUT2D eigenvalue weighted by Gasteiger charge is -2.39. The van der Waals surface area contributed by atoms with E-state index in [1.807, 2.05) is 20.8 Å². The minimum Gasteiger partial charge on any atom is -0.459 e. The quantitative estimate of drug-likeness (QED) is 0.714. The summed E-state index contributed by atoms with van der Waals surface area (Å²) in [5, 5.41) is 3.37. The molecule has 0 radical (unpaired) electrons. The first-order valence-electron chi connectivity index (χ1n) is 6.92. The van der Waals surface area contributed by atoms with Crippen LogP contribution in [0.3, 0.4) is 0 Å². The van der Waals surface area contributed by atoms with Crippen molar-refractivity contribution >= 4 is 5.97 Å². The molecule has 1 heterocycles. The summed E-state index contributed by atoms with van der Waals surface area (Å²) in [6.45, 7) is 6.78. The van der Waals surface area contributed by atoms with Gasteiger partial charge in [-0.1, -0.05) is 19.3 Å². The van der Waals surface area contributed by atoms with E-state index in [2.05, 4.69) is 5.32 Å². The van der Waals surface area contributed by atoms with Crippen LogP contribution in [0.5, 0.6) is 0 Å². The second-order valence-corrected chi connectivity index (χ2v) is 6.53. The number of esters is 1. The number of ether oxygens (including phenoxy) is 1. The summed E-state index contributed by atoms with van der Waals surface area (Å²) in [7, 11) is 0. The van der Waals surface area contributed by atoms with Gasteiger partial charge < -0.3 is 10.1 Å². The number of hydrogen-bond donors (Lipinski definition) is 1. The maximum absolute atomic E-state index is 12.0. The molecule has 3 heteroatoms. The van der Waals surface area contributed by atoms with Gasteiger partial charge in [-0.2, -0.15) is 0 Å². The van der Waals surface area contributed by atoms with Gasteiger partial charge in [-0.05, 0) is 52.0 Å². The number of fused-ring (bicyclic) bond motifs is 1. The molecule has 98 valence electrons. The molecule has 0 spiro atoms. The summed E-state index contributed by atoms with van der Waals surface area (Å²) in [6.07, 6.45) is 6.30. The lowest BCUT2D eigenvalue weighted by atomic mass is 9.74. The highest BCUT2D eigenvalue weighted by molar-refractivity contribution is 5.76. The largest absolute Gasteiger partial charge is 0.459 e. The van der Waals surface area contributed by atoms with Crippen LogP contribution >= 0.6 is 0 Å². The van der Waals surface area contributed by atoms with Crippen molar-refractivity contribution in [1.82, 2.24) is 5.32 Å². The predicted molar refractivity (Wildman–Crippen MR) is 67.7 cm³/mol. The monoisotopic (exact) mass is 239 g/mol. The topological polar surface area (TPSA) is 38.3 Å². The van der Waals surface area contributed by atoms with Crippen molar-refractivity contribution in [3.8, 4) is 0 Å². The zero-order valence-corrected chi connectivity index (χ0v) is 11.3. The molecular formula is C14H25NO2. The fraction of sp³-hybridized carbons (Fsp3) is 0.929. The molecule has 0 aromatic carbocycles. The van der Waals surface area contributed by atoms with Crippen LogP contribution in [0.15, 0.2) is 0 Å². The first-order chi connectivity index (χ1) is 7.96. The third-order valence-electron chi connectivity index (χ3n) is 3.92. The van der Waals surface area contributed by atoms with Crippen LogP contribution in [0.4, 0.5) is 0 Å². The average Bonchev–Trinajstić information content (AvgIpc) is 2.26. The van der Waals surface area contributed by atoms with Crippen LogP contribution < -0.4 is 5.32 Å². The van der Waals surface area contributed by atoms with E-state index in [0.717, 1.165) is 24.8 Å². The molecule has 1 saturated heterocycles. The number of hydrogen-bond acceptors (Lipinski definition) is 3. The summed E-state index contributed by atoms with van der Waals surface area (Å²) in [5.41, 5.74) is -0.373. The maximum atomic E-state index is 12.0. The van der Waals surface area contributed by atoms with Crippen molar-refractivity contribution in [1.29, 1.82) is 0 Å². The van der Waals surface area contributed by atoms with Crippen molar-refractivity contribution in [3.63, 3.8) is 0 Å². The van der Waals surface area contributed by atoms with Gasteiger partial charge in [0.1, 0.15) is 11.6 Å². The van der Waals surface area contributed by atoms with Gasteiger partial charge in [0, 0.05) is 0 Å². The molecular weight excluding hydrogens is 214 g/mol. The highest BCUT2D eigenvalue weighted by Gasteiger charge is 2.36. The molecule has 0 amide bonds. The van der Waals surface area contributed by atoms with Crippen molar-refractivity contribution in [3.05, 3.63) is 0 Å². The molecule has 2 fully saturated rings. The molecule has 0 bridgehead atoms. The Hall–Kier alpha value is -0.570. The highest BCUT2D eigenvalue weighted by Crippen LogP contribution is 2.35. The number of carbonyl (C=O) groups is 1. The number of nitrogens with one attached hydrogen (secondary N) is 1. The fourth-order valence-electron chi connectivity index (χ4n) is 3.10. The molecule has 3 atom stereocenters. The first-order valence-corrected chi connectivity index (χ1v) is 6.92. The van der Waals surface area contributed by atoms with Gasteiger partial charge in [-0.15, -0.1) is 0 Å². The van der Waals surface area contributed by atoms with E-state index >= 15 is 0 Å². The van der Waals surface area contributed by atoms with Crippen molar-refractivity contribution in [2.75, 3.05) is 6.54 Å². The zero-order valence-electron chi connectivity index (χ0n) is 11.3. The van der Waals surface area contributed by atoms with Gasteiger partial charge in [0.2, 0.25) is 0 Å². The Bertz CT molecular complexity index is 282. The molecule has 2 rings (SSSR count). The summed E-state index contributed by atoms with van der Waals surface area (Å²) in [5.74, 6) is 1.46. The Balaban J connectivity index is 1.89. The van der Waals surface area contributed by atoms with E-state index < -0.39 is 0 Å². The molecule has 3 unspecified atom stereocenters. The van der Waals surface area contributed by atoms with Gasteiger partial charge in [-0.25, -0.2) is 0 Å². The molecule has 0 aromatic rings. The minimum atomic E-state index is -0.373. The van der Waals surface area contributed by atoms with Crippen molar-refractivity contribution in [2.24, 2.45) is 11.8 Å². The van der Waals surface area contributed by atoms with E-state index in [9.17, 15) is 4.79 Å².